The normalized spacial score (nSPS) is 10.3. The Kier molecular flexibility index (Phi) is 6.90. The van der Waals surface area contributed by atoms with E-state index in [1.807, 2.05) is 32.0 Å². The number of para-hydroxylation sites is 1. The Hall–Kier alpha value is -2.93. The summed E-state index contributed by atoms with van der Waals surface area (Å²) in [5.41, 5.74) is 1.35. The van der Waals surface area contributed by atoms with E-state index in [1.54, 1.807) is 6.07 Å². The van der Waals surface area contributed by atoms with Crippen molar-refractivity contribution in [2.75, 3.05) is 18.4 Å². The van der Waals surface area contributed by atoms with E-state index in [4.69, 9.17) is 11.6 Å². The molecule has 0 fully saturated rings. The number of rotatable bonds is 7. The summed E-state index contributed by atoms with van der Waals surface area (Å²) in [6.07, 6.45) is 0.638. The van der Waals surface area contributed by atoms with Crippen molar-refractivity contribution in [1.29, 1.82) is 0 Å². The summed E-state index contributed by atoms with van der Waals surface area (Å²) in [6, 6.07) is 11.2. The van der Waals surface area contributed by atoms with Crippen molar-refractivity contribution in [1.82, 2.24) is 4.90 Å². The Morgan fingerprint density at radius 1 is 1.22 bits per heavy atom. The molecule has 0 saturated heterocycles. The lowest BCUT2D eigenvalue weighted by Crippen LogP contribution is -2.38. The first-order valence-electron chi connectivity index (χ1n) is 8.42. The third kappa shape index (κ3) is 5.27. The molecular weight excluding hydrogens is 370 g/mol. The van der Waals surface area contributed by atoms with Gasteiger partial charge in [0.15, 0.2) is 0 Å². The summed E-state index contributed by atoms with van der Waals surface area (Å²) in [7, 11) is 0. The lowest BCUT2D eigenvalue weighted by molar-refractivity contribution is -0.384. The molecule has 2 aromatic rings. The fourth-order valence-electron chi connectivity index (χ4n) is 2.57. The maximum absolute atomic E-state index is 12.8. The van der Waals surface area contributed by atoms with Crippen LogP contribution in [0.1, 0.15) is 29.3 Å². The Morgan fingerprint density at radius 2 is 1.93 bits per heavy atom. The fourth-order valence-corrected chi connectivity index (χ4v) is 2.75. The van der Waals surface area contributed by atoms with Gasteiger partial charge in [0.25, 0.3) is 11.6 Å². The molecule has 0 aliphatic heterocycles. The molecule has 0 bridgehead atoms. The van der Waals surface area contributed by atoms with Crippen LogP contribution in [0.4, 0.5) is 11.4 Å². The largest absolute Gasteiger partial charge is 0.329 e. The highest BCUT2D eigenvalue weighted by atomic mass is 35.5. The van der Waals surface area contributed by atoms with Crippen molar-refractivity contribution in [3.8, 4) is 0 Å². The highest BCUT2D eigenvalue weighted by Crippen LogP contribution is 2.25. The van der Waals surface area contributed by atoms with Crippen LogP contribution >= 0.6 is 11.6 Å². The van der Waals surface area contributed by atoms with E-state index in [2.05, 4.69) is 5.32 Å². The zero-order valence-corrected chi connectivity index (χ0v) is 15.8. The number of halogens is 1. The Balaban J connectivity index is 2.17. The van der Waals surface area contributed by atoms with Crippen molar-refractivity contribution >= 4 is 34.8 Å². The lowest BCUT2D eigenvalue weighted by atomic mass is 10.1. The summed E-state index contributed by atoms with van der Waals surface area (Å²) in [5.74, 6) is -0.800. The van der Waals surface area contributed by atoms with Crippen LogP contribution < -0.4 is 5.32 Å². The number of nitrogens with zero attached hydrogens (tertiary/aromatic N) is 2. The van der Waals surface area contributed by atoms with Crippen LogP contribution in [0.2, 0.25) is 5.02 Å². The molecule has 0 aliphatic carbocycles. The van der Waals surface area contributed by atoms with Gasteiger partial charge in [-0.15, -0.1) is 0 Å². The molecule has 2 aromatic carbocycles. The number of carbonyl (C=O) groups excluding carboxylic acids is 2. The second kappa shape index (κ2) is 9.14. The van der Waals surface area contributed by atoms with Crippen LogP contribution in [0.15, 0.2) is 42.5 Å². The van der Waals surface area contributed by atoms with E-state index >= 15 is 0 Å². The van der Waals surface area contributed by atoms with Crippen molar-refractivity contribution in [2.24, 2.45) is 0 Å². The van der Waals surface area contributed by atoms with Gasteiger partial charge in [-0.2, -0.15) is 0 Å². The lowest BCUT2D eigenvalue weighted by Gasteiger charge is -2.22. The average Bonchev–Trinajstić information content (AvgIpc) is 2.63. The number of aryl methyl sites for hydroxylation is 1. The van der Waals surface area contributed by atoms with Gasteiger partial charge in [-0.05, 0) is 37.1 Å². The molecule has 0 radical (unpaired) electrons. The number of anilines is 1. The summed E-state index contributed by atoms with van der Waals surface area (Å²) >= 11 is 5.80. The zero-order valence-electron chi connectivity index (χ0n) is 15.1. The van der Waals surface area contributed by atoms with Gasteiger partial charge >= 0.3 is 0 Å². The molecular formula is C19H20ClN3O4. The van der Waals surface area contributed by atoms with E-state index in [1.165, 1.54) is 17.0 Å². The summed E-state index contributed by atoms with van der Waals surface area (Å²) in [5, 5.41) is 13.8. The molecule has 2 amide bonds. The molecule has 1 N–H and O–H groups in total. The van der Waals surface area contributed by atoms with Gasteiger partial charge in [-0.1, -0.05) is 36.7 Å². The molecule has 0 spiro atoms. The molecule has 0 aromatic heterocycles. The molecule has 7 nitrogen and oxygen atoms in total. The summed E-state index contributed by atoms with van der Waals surface area (Å²) in [6.45, 7) is 3.94. The number of carbonyl (C=O) groups is 2. The van der Waals surface area contributed by atoms with Gasteiger partial charge in [-0.3, -0.25) is 19.7 Å². The average molecular weight is 390 g/mol. The number of hydrogen-bond donors (Lipinski definition) is 1. The van der Waals surface area contributed by atoms with E-state index in [0.717, 1.165) is 11.6 Å². The number of amides is 2. The molecule has 142 valence electrons. The zero-order chi connectivity index (χ0) is 20.0. The Labute approximate surface area is 162 Å². The topological polar surface area (TPSA) is 92.6 Å². The first-order valence-corrected chi connectivity index (χ1v) is 8.80. The number of nitro groups is 1. The molecule has 8 heteroatoms. The predicted octanol–water partition coefficient (Wildman–Crippen LogP) is 4.05. The van der Waals surface area contributed by atoms with E-state index < -0.39 is 10.8 Å². The summed E-state index contributed by atoms with van der Waals surface area (Å²) in [4.78, 5) is 36.9. The smallest absolute Gasteiger partial charge is 0.288 e. The second-order valence-electron chi connectivity index (χ2n) is 6.01. The standard InChI is InChI=1S/C19H20ClN3O4/c1-3-10-22(12-18(24)21-16-7-5-4-6-13(16)2)19(25)14-8-9-15(20)17(11-14)23(26)27/h4-9,11H,3,10,12H2,1-2H3,(H,21,24). The Bertz CT molecular complexity index is 870. The first-order chi connectivity index (χ1) is 12.8. The molecule has 27 heavy (non-hydrogen) atoms. The van der Waals surface area contributed by atoms with Gasteiger partial charge in [0.1, 0.15) is 11.6 Å². The Morgan fingerprint density at radius 3 is 2.56 bits per heavy atom. The minimum absolute atomic E-state index is 0.0455. The van der Waals surface area contributed by atoms with Crippen LogP contribution in [0.25, 0.3) is 0 Å². The highest BCUT2D eigenvalue weighted by Gasteiger charge is 2.22. The van der Waals surface area contributed by atoms with Gasteiger partial charge in [0, 0.05) is 23.9 Å². The fraction of sp³-hybridized carbons (Fsp3) is 0.263. The third-order valence-electron chi connectivity index (χ3n) is 3.92. The van der Waals surface area contributed by atoms with Crippen LogP contribution in [0, 0.1) is 17.0 Å². The monoisotopic (exact) mass is 389 g/mol. The number of hydrogen-bond acceptors (Lipinski definition) is 4. The maximum atomic E-state index is 12.8. The third-order valence-corrected chi connectivity index (χ3v) is 4.24. The van der Waals surface area contributed by atoms with Crippen LogP contribution in [0.3, 0.4) is 0 Å². The maximum Gasteiger partial charge on any atom is 0.288 e. The number of nitrogens with one attached hydrogen (secondary N) is 1. The second-order valence-corrected chi connectivity index (χ2v) is 6.42. The van der Waals surface area contributed by atoms with Crippen LogP contribution in [0.5, 0.6) is 0 Å². The van der Waals surface area contributed by atoms with Crippen LogP contribution in [-0.2, 0) is 4.79 Å². The van der Waals surface area contributed by atoms with Gasteiger partial charge in [0.2, 0.25) is 5.91 Å². The number of nitro benzene ring substituents is 1. The van der Waals surface area contributed by atoms with Crippen molar-refractivity contribution < 1.29 is 14.5 Å². The minimum atomic E-state index is -0.645. The van der Waals surface area contributed by atoms with E-state index in [-0.39, 0.29) is 28.7 Å². The quantitative estimate of drug-likeness (QED) is 0.571. The first kappa shape index (κ1) is 20.4. The molecule has 0 unspecified atom stereocenters. The minimum Gasteiger partial charge on any atom is -0.329 e. The summed E-state index contributed by atoms with van der Waals surface area (Å²) < 4.78 is 0. The van der Waals surface area contributed by atoms with Crippen molar-refractivity contribution in [3.05, 3.63) is 68.7 Å². The van der Waals surface area contributed by atoms with E-state index in [0.29, 0.717) is 18.7 Å². The molecule has 0 aliphatic rings. The molecule has 2 rings (SSSR count). The van der Waals surface area contributed by atoms with Gasteiger partial charge in [0.05, 0.1) is 4.92 Å². The molecule has 0 saturated carbocycles. The molecule has 0 heterocycles. The highest BCUT2D eigenvalue weighted by molar-refractivity contribution is 6.32. The van der Waals surface area contributed by atoms with E-state index in [9.17, 15) is 19.7 Å². The van der Waals surface area contributed by atoms with Crippen LogP contribution in [-0.4, -0.2) is 34.7 Å². The SMILES string of the molecule is CCCN(CC(=O)Nc1ccccc1C)C(=O)c1ccc(Cl)c([N+](=O)[O-])c1. The van der Waals surface area contributed by atoms with Crippen molar-refractivity contribution in [2.45, 2.75) is 20.3 Å². The molecule has 0 atom stereocenters. The number of benzene rings is 2. The van der Waals surface area contributed by atoms with Gasteiger partial charge in [-0.25, -0.2) is 0 Å². The predicted molar refractivity (Wildman–Crippen MR) is 104 cm³/mol. The van der Waals surface area contributed by atoms with Crippen molar-refractivity contribution in [3.63, 3.8) is 0 Å². The van der Waals surface area contributed by atoms with Gasteiger partial charge < -0.3 is 10.2 Å².